The molecule has 0 aromatic heterocycles. The molecule has 11 aromatic carbocycles. The van der Waals surface area contributed by atoms with Gasteiger partial charge < -0.3 is 4.90 Å². The van der Waals surface area contributed by atoms with E-state index >= 15 is 0 Å². The van der Waals surface area contributed by atoms with Gasteiger partial charge in [-0.15, -0.1) is 0 Å². The van der Waals surface area contributed by atoms with Crippen LogP contribution in [0.15, 0.2) is 237 Å². The molecular formula is C59H39N. The van der Waals surface area contributed by atoms with E-state index in [9.17, 15) is 0 Å². The van der Waals surface area contributed by atoms with E-state index in [1.165, 1.54) is 87.6 Å². The van der Waals surface area contributed by atoms with Gasteiger partial charge in [-0.2, -0.15) is 0 Å². The van der Waals surface area contributed by atoms with Crippen LogP contribution in [-0.2, 0) is 5.41 Å². The fourth-order valence-electron chi connectivity index (χ4n) is 10.2. The summed E-state index contributed by atoms with van der Waals surface area (Å²) in [6.07, 6.45) is 0. The van der Waals surface area contributed by atoms with Crippen LogP contribution < -0.4 is 4.90 Å². The molecule has 0 N–H and O–H groups in total. The van der Waals surface area contributed by atoms with Crippen LogP contribution in [0.5, 0.6) is 0 Å². The normalized spacial score (nSPS) is 12.8. The first-order valence-electron chi connectivity index (χ1n) is 20.8. The number of rotatable bonds is 6. The van der Waals surface area contributed by atoms with Gasteiger partial charge in [-0.25, -0.2) is 0 Å². The van der Waals surface area contributed by atoms with Gasteiger partial charge in [0.2, 0.25) is 0 Å². The molecule has 1 aliphatic carbocycles. The van der Waals surface area contributed by atoms with Gasteiger partial charge in [-0.1, -0.05) is 194 Å². The van der Waals surface area contributed by atoms with Gasteiger partial charge >= 0.3 is 0 Å². The second-order valence-electron chi connectivity index (χ2n) is 16.1. The quantitative estimate of drug-likeness (QED) is 0.153. The molecule has 0 saturated carbocycles. The van der Waals surface area contributed by atoms with E-state index < -0.39 is 5.41 Å². The van der Waals surface area contributed by atoms with Crippen LogP contribution in [0.3, 0.4) is 0 Å². The van der Waals surface area contributed by atoms with Crippen LogP contribution in [0.25, 0.3) is 65.3 Å². The lowest BCUT2D eigenvalue weighted by Crippen LogP contribution is -2.28. The minimum atomic E-state index is -0.519. The van der Waals surface area contributed by atoms with Gasteiger partial charge in [0.1, 0.15) is 0 Å². The van der Waals surface area contributed by atoms with E-state index in [2.05, 4.69) is 241 Å². The highest BCUT2D eigenvalue weighted by Gasteiger charge is 2.46. The molecule has 0 radical (unpaired) electrons. The van der Waals surface area contributed by atoms with Crippen LogP contribution in [0, 0.1) is 0 Å². The van der Waals surface area contributed by atoms with E-state index in [1.54, 1.807) is 0 Å². The Kier molecular flexibility index (Phi) is 7.83. The van der Waals surface area contributed by atoms with Crippen LogP contribution in [-0.4, -0.2) is 0 Å². The standard InChI is InChI=1S/C59H39N/c1-4-14-40(15-5-1)43-28-32-55-56-39-50(31-35-57(56)59(58(55)38-43,46-18-6-2-7-19-46)47-20-8-3-9-21-47)60(48-29-33-53-44(36-48)26-24-41-16-10-12-22-51(41)53)49-30-34-54-45(37-49)27-25-42-17-11-13-23-52(42)54/h1-39H. The summed E-state index contributed by atoms with van der Waals surface area (Å²) < 4.78 is 0. The summed E-state index contributed by atoms with van der Waals surface area (Å²) >= 11 is 0. The Bertz CT molecular complexity index is 3260. The SMILES string of the molecule is c1ccc(-c2ccc3c(c2)C(c2ccccc2)(c2ccccc2)c2ccc(N(c4ccc5c(ccc6ccccc65)c4)c4ccc5c(ccc6ccccc65)c4)cc2-3)cc1. The highest BCUT2D eigenvalue weighted by molar-refractivity contribution is 6.10. The monoisotopic (exact) mass is 761 g/mol. The first kappa shape index (κ1) is 34.3. The van der Waals surface area contributed by atoms with E-state index in [0.29, 0.717) is 0 Å². The van der Waals surface area contributed by atoms with Gasteiger partial charge in [0.05, 0.1) is 5.41 Å². The van der Waals surface area contributed by atoms with E-state index in [1.807, 2.05) is 0 Å². The van der Waals surface area contributed by atoms with Gasteiger partial charge in [0, 0.05) is 17.1 Å². The van der Waals surface area contributed by atoms with Crippen LogP contribution in [0.2, 0.25) is 0 Å². The molecule has 0 spiro atoms. The summed E-state index contributed by atoms with van der Waals surface area (Å²) in [6, 6.07) is 87.6. The zero-order valence-electron chi connectivity index (χ0n) is 33.0. The van der Waals surface area contributed by atoms with Crippen molar-refractivity contribution in [1.82, 2.24) is 0 Å². The van der Waals surface area contributed by atoms with Gasteiger partial charge in [0.15, 0.2) is 0 Å². The highest BCUT2D eigenvalue weighted by atomic mass is 15.1. The summed E-state index contributed by atoms with van der Waals surface area (Å²) in [5.41, 5.74) is 12.9. The van der Waals surface area contributed by atoms with Crippen LogP contribution in [0.1, 0.15) is 22.3 Å². The average molecular weight is 762 g/mol. The molecule has 1 nitrogen and oxygen atoms in total. The molecule has 1 aliphatic rings. The molecule has 1 heteroatoms. The Morgan fingerprint density at radius 3 is 1.32 bits per heavy atom. The van der Waals surface area contributed by atoms with Crippen molar-refractivity contribution in [2.45, 2.75) is 5.41 Å². The molecule has 11 aromatic rings. The number of hydrogen-bond donors (Lipinski definition) is 0. The Labute approximate surface area is 350 Å². The molecular weight excluding hydrogens is 723 g/mol. The second-order valence-corrected chi connectivity index (χ2v) is 16.1. The molecule has 0 bridgehead atoms. The molecule has 0 saturated heterocycles. The Balaban J connectivity index is 1.12. The molecule has 0 fully saturated rings. The molecule has 0 aliphatic heterocycles. The predicted octanol–water partition coefficient (Wildman–Crippen LogP) is 15.8. The topological polar surface area (TPSA) is 3.24 Å². The molecule has 0 heterocycles. The zero-order chi connectivity index (χ0) is 39.6. The summed E-state index contributed by atoms with van der Waals surface area (Å²) in [5.74, 6) is 0. The Morgan fingerprint density at radius 1 is 0.267 bits per heavy atom. The summed E-state index contributed by atoms with van der Waals surface area (Å²) in [5, 5.41) is 10.0. The van der Waals surface area contributed by atoms with E-state index in [0.717, 1.165) is 17.1 Å². The third kappa shape index (κ3) is 5.26. The van der Waals surface area contributed by atoms with Crippen LogP contribution >= 0.6 is 0 Å². The van der Waals surface area contributed by atoms with Crippen LogP contribution in [0.4, 0.5) is 17.1 Å². The van der Waals surface area contributed by atoms with Crippen molar-refractivity contribution >= 4 is 60.2 Å². The van der Waals surface area contributed by atoms with Crippen molar-refractivity contribution in [3.63, 3.8) is 0 Å². The number of fused-ring (bicyclic) bond motifs is 9. The van der Waals surface area contributed by atoms with E-state index in [-0.39, 0.29) is 0 Å². The van der Waals surface area contributed by atoms with Crippen molar-refractivity contribution in [3.05, 3.63) is 259 Å². The summed E-state index contributed by atoms with van der Waals surface area (Å²) in [6.45, 7) is 0. The van der Waals surface area contributed by atoms with Crippen molar-refractivity contribution < 1.29 is 0 Å². The molecule has 280 valence electrons. The van der Waals surface area contributed by atoms with Crippen molar-refractivity contribution in [1.29, 1.82) is 0 Å². The van der Waals surface area contributed by atoms with Crippen molar-refractivity contribution in [2.75, 3.05) is 4.90 Å². The largest absolute Gasteiger partial charge is 0.310 e. The Hall–Kier alpha value is -7.74. The minimum absolute atomic E-state index is 0.519. The highest BCUT2D eigenvalue weighted by Crippen LogP contribution is 2.58. The first-order valence-corrected chi connectivity index (χ1v) is 20.8. The number of nitrogens with zero attached hydrogens (tertiary/aromatic N) is 1. The van der Waals surface area contributed by atoms with Gasteiger partial charge in [-0.05, 0) is 130 Å². The maximum atomic E-state index is 2.45. The maximum Gasteiger partial charge on any atom is 0.0713 e. The summed E-state index contributed by atoms with van der Waals surface area (Å²) in [4.78, 5) is 2.45. The third-order valence-electron chi connectivity index (χ3n) is 12.9. The second kappa shape index (κ2) is 13.7. The molecule has 60 heavy (non-hydrogen) atoms. The predicted molar refractivity (Wildman–Crippen MR) is 254 cm³/mol. The third-order valence-corrected chi connectivity index (χ3v) is 12.9. The lowest BCUT2D eigenvalue weighted by molar-refractivity contribution is 0.769. The Morgan fingerprint density at radius 2 is 0.733 bits per heavy atom. The number of hydrogen-bond acceptors (Lipinski definition) is 1. The van der Waals surface area contributed by atoms with E-state index in [4.69, 9.17) is 0 Å². The van der Waals surface area contributed by atoms with Crippen molar-refractivity contribution in [3.8, 4) is 22.3 Å². The molecule has 0 atom stereocenters. The number of benzene rings is 11. The fraction of sp³-hybridized carbons (Fsp3) is 0.0169. The summed E-state index contributed by atoms with van der Waals surface area (Å²) in [7, 11) is 0. The average Bonchev–Trinajstić information content (AvgIpc) is 3.62. The molecule has 0 amide bonds. The van der Waals surface area contributed by atoms with Gasteiger partial charge in [-0.3, -0.25) is 0 Å². The van der Waals surface area contributed by atoms with Crippen molar-refractivity contribution in [2.24, 2.45) is 0 Å². The zero-order valence-corrected chi connectivity index (χ0v) is 33.0. The first-order chi connectivity index (χ1) is 29.7. The molecule has 0 unspecified atom stereocenters. The fourth-order valence-corrected chi connectivity index (χ4v) is 10.2. The number of anilines is 3. The van der Waals surface area contributed by atoms with Gasteiger partial charge in [0.25, 0.3) is 0 Å². The lowest BCUT2D eigenvalue weighted by atomic mass is 9.67. The minimum Gasteiger partial charge on any atom is -0.310 e. The maximum absolute atomic E-state index is 2.45. The lowest BCUT2D eigenvalue weighted by Gasteiger charge is -2.34. The molecule has 12 rings (SSSR count). The smallest absolute Gasteiger partial charge is 0.0713 e.